The third-order valence-electron chi connectivity index (χ3n) is 0.289. The standard InChI is InChI=1S/C3H8NS/c1-4-2-3-5/h4-5H,1-3H2. The van der Waals surface area contributed by atoms with Crippen molar-refractivity contribution in [2.24, 2.45) is 0 Å². The maximum atomic E-state index is 3.90. The van der Waals surface area contributed by atoms with Crippen molar-refractivity contribution < 1.29 is 0 Å². The number of hydrogen-bond acceptors (Lipinski definition) is 2. The molecule has 0 aliphatic heterocycles. The van der Waals surface area contributed by atoms with E-state index in [2.05, 4.69) is 25.0 Å². The van der Waals surface area contributed by atoms with Gasteiger partial charge >= 0.3 is 0 Å². The summed E-state index contributed by atoms with van der Waals surface area (Å²) in [4.78, 5) is 0. The number of hydrogen-bond donors (Lipinski definition) is 2. The van der Waals surface area contributed by atoms with Crippen LogP contribution in [0.2, 0.25) is 0 Å². The first-order chi connectivity index (χ1) is 2.41. The summed E-state index contributed by atoms with van der Waals surface area (Å²) in [6, 6.07) is 0. The van der Waals surface area contributed by atoms with Gasteiger partial charge in [-0.15, -0.1) is 0 Å². The second kappa shape index (κ2) is 4.31. The maximum absolute atomic E-state index is 3.90. The van der Waals surface area contributed by atoms with E-state index in [9.17, 15) is 0 Å². The van der Waals surface area contributed by atoms with Crippen LogP contribution in [0.25, 0.3) is 0 Å². The average Bonchev–Trinajstić information content (AvgIpc) is 1.41. The Morgan fingerprint density at radius 2 is 2.40 bits per heavy atom. The summed E-state index contributed by atoms with van der Waals surface area (Å²) in [6.07, 6.45) is 0. The van der Waals surface area contributed by atoms with E-state index < -0.39 is 0 Å². The molecule has 0 heterocycles. The van der Waals surface area contributed by atoms with Gasteiger partial charge in [0.15, 0.2) is 0 Å². The third-order valence-corrected chi connectivity index (χ3v) is 0.512. The lowest BCUT2D eigenvalue weighted by molar-refractivity contribution is 0.928. The topological polar surface area (TPSA) is 12.0 Å². The molecule has 1 N–H and O–H groups in total. The second-order valence-electron chi connectivity index (χ2n) is 0.724. The molecular weight excluding hydrogens is 82.1 g/mol. The Bertz CT molecular complexity index is 14.4. The molecule has 5 heavy (non-hydrogen) atoms. The summed E-state index contributed by atoms with van der Waals surface area (Å²) in [5.74, 6) is 0.865. The van der Waals surface area contributed by atoms with E-state index >= 15 is 0 Å². The molecular formula is C3H8NS. The van der Waals surface area contributed by atoms with Crippen LogP contribution in [-0.4, -0.2) is 12.3 Å². The molecule has 0 aromatic rings. The molecule has 0 rings (SSSR count). The molecule has 0 aromatic heterocycles. The van der Waals surface area contributed by atoms with Crippen molar-refractivity contribution in [1.82, 2.24) is 5.32 Å². The van der Waals surface area contributed by atoms with Crippen molar-refractivity contribution in [3.8, 4) is 0 Å². The van der Waals surface area contributed by atoms with Crippen LogP contribution in [0.4, 0.5) is 0 Å². The zero-order valence-corrected chi connectivity index (χ0v) is 3.96. The summed E-state index contributed by atoms with van der Waals surface area (Å²) >= 11 is 3.90. The molecule has 0 atom stereocenters. The van der Waals surface area contributed by atoms with Gasteiger partial charge in [0.05, 0.1) is 0 Å². The summed E-state index contributed by atoms with van der Waals surface area (Å²) in [5, 5.41) is 2.69. The molecule has 0 spiro atoms. The molecule has 0 aliphatic rings. The fourth-order valence-corrected chi connectivity index (χ4v) is 0.237. The molecule has 2 heteroatoms. The Labute approximate surface area is 38.2 Å². The van der Waals surface area contributed by atoms with Crippen LogP contribution in [-0.2, 0) is 0 Å². The van der Waals surface area contributed by atoms with Gasteiger partial charge in [0, 0.05) is 19.3 Å². The quantitative estimate of drug-likeness (QED) is 0.465. The van der Waals surface area contributed by atoms with Crippen molar-refractivity contribution in [3.05, 3.63) is 7.05 Å². The van der Waals surface area contributed by atoms with Crippen LogP contribution < -0.4 is 5.32 Å². The van der Waals surface area contributed by atoms with Crippen LogP contribution >= 0.6 is 12.6 Å². The predicted octanol–water partition coefficient (Wildman–Crippen LogP) is 0.297. The molecule has 1 nitrogen and oxygen atoms in total. The van der Waals surface area contributed by atoms with E-state index in [4.69, 9.17) is 0 Å². The Hall–Kier alpha value is 0.310. The highest BCUT2D eigenvalue weighted by atomic mass is 32.1. The van der Waals surface area contributed by atoms with Crippen molar-refractivity contribution >= 4 is 12.6 Å². The first-order valence-electron chi connectivity index (χ1n) is 1.52. The van der Waals surface area contributed by atoms with Crippen LogP contribution in [0, 0.1) is 7.05 Å². The van der Waals surface area contributed by atoms with E-state index in [1.807, 2.05) is 0 Å². The fraction of sp³-hybridized carbons (Fsp3) is 0.667. The monoisotopic (exact) mass is 90.0 g/mol. The number of thiol groups is 1. The zero-order chi connectivity index (χ0) is 4.12. The molecule has 0 saturated heterocycles. The van der Waals surface area contributed by atoms with Crippen molar-refractivity contribution in [2.45, 2.75) is 0 Å². The molecule has 0 aliphatic carbocycles. The van der Waals surface area contributed by atoms with E-state index in [1.54, 1.807) is 0 Å². The summed E-state index contributed by atoms with van der Waals surface area (Å²) < 4.78 is 0. The zero-order valence-electron chi connectivity index (χ0n) is 3.07. The van der Waals surface area contributed by atoms with Gasteiger partial charge in [-0.25, -0.2) is 0 Å². The van der Waals surface area contributed by atoms with E-state index in [0.29, 0.717) is 0 Å². The first-order valence-corrected chi connectivity index (χ1v) is 2.16. The van der Waals surface area contributed by atoms with Crippen LogP contribution in [0.3, 0.4) is 0 Å². The van der Waals surface area contributed by atoms with E-state index in [-0.39, 0.29) is 0 Å². The minimum atomic E-state index is 0.865. The summed E-state index contributed by atoms with van der Waals surface area (Å²) in [6.45, 7) is 0.892. The molecule has 0 amide bonds. The lowest BCUT2D eigenvalue weighted by Gasteiger charge is -1.83. The van der Waals surface area contributed by atoms with Crippen molar-refractivity contribution in [2.75, 3.05) is 12.3 Å². The van der Waals surface area contributed by atoms with Gasteiger partial charge in [0.25, 0.3) is 0 Å². The Balaban J connectivity index is 2.19. The van der Waals surface area contributed by atoms with Gasteiger partial charge < -0.3 is 5.32 Å². The van der Waals surface area contributed by atoms with Gasteiger partial charge in [0.2, 0.25) is 0 Å². The molecule has 0 unspecified atom stereocenters. The fourth-order valence-electron chi connectivity index (χ4n) is 0.0791. The van der Waals surface area contributed by atoms with Crippen LogP contribution in [0.15, 0.2) is 0 Å². The number of rotatable bonds is 2. The van der Waals surface area contributed by atoms with Gasteiger partial charge in [-0.2, -0.15) is 12.6 Å². The van der Waals surface area contributed by atoms with Crippen molar-refractivity contribution in [1.29, 1.82) is 0 Å². The summed E-state index contributed by atoms with van der Waals surface area (Å²) in [7, 11) is 3.38. The highest BCUT2D eigenvalue weighted by molar-refractivity contribution is 7.80. The third kappa shape index (κ3) is 4.31. The highest BCUT2D eigenvalue weighted by Gasteiger charge is 1.65. The normalized spacial score (nSPS) is 8.40. The molecule has 1 radical (unpaired) electrons. The maximum Gasteiger partial charge on any atom is 0.00770 e. The second-order valence-corrected chi connectivity index (χ2v) is 1.17. The largest absolute Gasteiger partial charge is 0.315 e. The van der Waals surface area contributed by atoms with Crippen LogP contribution in [0.5, 0.6) is 0 Å². The predicted molar refractivity (Wildman–Crippen MR) is 27.2 cm³/mol. The van der Waals surface area contributed by atoms with Gasteiger partial charge in [-0.1, -0.05) is 0 Å². The minimum Gasteiger partial charge on any atom is -0.315 e. The lowest BCUT2D eigenvalue weighted by Crippen LogP contribution is -2.04. The minimum absolute atomic E-state index is 0.865. The van der Waals surface area contributed by atoms with Gasteiger partial charge in [-0.05, 0) is 0 Å². The van der Waals surface area contributed by atoms with E-state index in [1.165, 1.54) is 0 Å². The highest BCUT2D eigenvalue weighted by Crippen LogP contribution is 1.63. The molecule has 31 valence electrons. The smallest absolute Gasteiger partial charge is 0.00770 e. The van der Waals surface area contributed by atoms with Gasteiger partial charge in [-0.3, -0.25) is 0 Å². The lowest BCUT2D eigenvalue weighted by atomic mass is 10.8. The Morgan fingerprint density at radius 1 is 1.80 bits per heavy atom. The molecule has 0 fully saturated rings. The van der Waals surface area contributed by atoms with E-state index in [0.717, 1.165) is 12.3 Å². The molecule has 0 aromatic carbocycles. The molecule has 0 bridgehead atoms. The first kappa shape index (κ1) is 5.31. The van der Waals surface area contributed by atoms with Gasteiger partial charge in [0.1, 0.15) is 0 Å². The average molecular weight is 90.2 g/mol. The van der Waals surface area contributed by atoms with Crippen LogP contribution in [0.1, 0.15) is 0 Å². The van der Waals surface area contributed by atoms with Crippen molar-refractivity contribution in [3.63, 3.8) is 0 Å². The molecule has 0 saturated carbocycles. The SMILES string of the molecule is [CH2]NCCS. The Kier molecular flexibility index (Phi) is 4.58. The number of nitrogens with one attached hydrogen (secondary N) is 1. The summed E-state index contributed by atoms with van der Waals surface area (Å²) in [5.41, 5.74) is 0. The Morgan fingerprint density at radius 3 is 2.40 bits per heavy atom.